The first-order valence-corrected chi connectivity index (χ1v) is 8.94. The van der Waals surface area contributed by atoms with Gasteiger partial charge in [-0.05, 0) is 30.0 Å². The third-order valence-corrected chi connectivity index (χ3v) is 5.50. The minimum Gasteiger partial charge on any atom is -0.387 e. The molecule has 1 aliphatic heterocycles. The van der Waals surface area contributed by atoms with Gasteiger partial charge in [-0.2, -0.15) is 0 Å². The highest BCUT2D eigenvalue weighted by Gasteiger charge is 2.27. The molecule has 0 aromatic heterocycles. The molecule has 1 aliphatic rings. The molecule has 0 saturated carbocycles. The fraction of sp³-hybridized carbons (Fsp3) is 0.500. The van der Waals surface area contributed by atoms with Crippen molar-refractivity contribution < 1.29 is 27.1 Å². The Bertz CT molecular complexity index is 681. The Balaban J connectivity index is 1.74. The summed E-state index contributed by atoms with van der Waals surface area (Å²) in [6.45, 7) is 0.0478. The summed E-state index contributed by atoms with van der Waals surface area (Å²) in [5.41, 5.74) is 0.145. The summed E-state index contributed by atoms with van der Waals surface area (Å²) < 4.78 is 48.4. The first kappa shape index (κ1) is 17.6. The molecule has 0 spiro atoms. The topological polar surface area (TPSA) is 95.5 Å². The Kier molecular flexibility index (Phi) is 5.53. The van der Waals surface area contributed by atoms with Gasteiger partial charge in [-0.1, -0.05) is 6.07 Å². The van der Waals surface area contributed by atoms with Gasteiger partial charge in [-0.25, -0.2) is 22.0 Å². The largest absolute Gasteiger partial charge is 0.387 e. The molecule has 1 aromatic rings. The van der Waals surface area contributed by atoms with Gasteiger partial charge in [-0.15, -0.1) is 0 Å². The van der Waals surface area contributed by atoms with Crippen molar-refractivity contribution in [2.45, 2.75) is 12.5 Å². The predicted octanol–water partition coefficient (Wildman–Crippen LogP) is 0.732. The smallest absolute Gasteiger partial charge is 0.314 e. The number of carbonyl (C=O) groups excluding carboxylic acids is 1. The Morgan fingerprint density at radius 1 is 1.30 bits per heavy atom. The standard InChI is InChI=1S/C14H18F2N2O4S/c15-11-2-1-10(5-12(11)16)13(19)7-18-14(20)17-6-9-3-4-23(21,22)8-9/h1-2,5,9,13,19H,3-4,6-8H2,(H2,17,18,20)/t9-,13-/m1/s1. The van der Waals surface area contributed by atoms with E-state index in [0.29, 0.717) is 6.42 Å². The monoisotopic (exact) mass is 348 g/mol. The van der Waals surface area contributed by atoms with Crippen molar-refractivity contribution in [3.63, 3.8) is 0 Å². The number of rotatable bonds is 5. The normalized spacial score (nSPS) is 20.9. The molecule has 1 fully saturated rings. The molecular formula is C14H18F2N2O4S. The number of sulfone groups is 1. The van der Waals surface area contributed by atoms with Gasteiger partial charge in [0.1, 0.15) is 0 Å². The quantitative estimate of drug-likeness (QED) is 0.731. The molecule has 1 heterocycles. The van der Waals surface area contributed by atoms with Gasteiger partial charge in [0, 0.05) is 13.1 Å². The predicted molar refractivity (Wildman–Crippen MR) is 79.5 cm³/mol. The van der Waals surface area contributed by atoms with Crippen LogP contribution in [0.3, 0.4) is 0 Å². The van der Waals surface area contributed by atoms with Crippen molar-refractivity contribution >= 4 is 15.9 Å². The van der Waals surface area contributed by atoms with Crippen LogP contribution in [0, 0.1) is 17.6 Å². The lowest BCUT2D eigenvalue weighted by atomic mass is 10.1. The second-order valence-corrected chi connectivity index (χ2v) is 7.78. The van der Waals surface area contributed by atoms with Crippen LogP contribution in [0.15, 0.2) is 18.2 Å². The zero-order valence-corrected chi connectivity index (χ0v) is 13.1. The summed E-state index contributed by atoms with van der Waals surface area (Å²) in [6, 6.07) is 2.43. The lowest BCUT2D eigenvalue weighted by molar-refractivity contribution is 0.172. The minimum atomic E-state index is -2.99. The first-order valence-electron chi connectivity index (χ1n) is 7.12. The first-order chi connectivity index (χ1) is 10.8. The van der Waals surface area contributed by atoms with E-state index in [4.69, 9.17) is 0 Å². The molecular weight excluding hydrogens is 330 g/mol. The molecule has 0 unspecified atom stereocenters. The third-order valence-electron chi connectivity index (χ3n) is 3.66. The highest BCUT2D eigenvalue weighted by Crippen LogP contribution is 2.17. The van der Waals surface area contributed by atoms with E-state index < -0.39 is 33.6 Å². The van der Waals surface area contributed by atoms with Gasteiger partial charge < -0.3 is 15.7 Å². The summed E-state index contributed by atoms with van der Waals surface area (Å²) in [5.74, 6) is -2.01. The van der Waals surface area contributed by atoms with E-state index in [1.54, 1.807) is 0 Å². The average molecular weight is 348 g/mol. The molecule has 2 rings (SSSR count). The second kappa shape index (κ2) is 7.22. The fourth-order valence-corrected chi connectivity index (χ4v) is 4.22. The summed E-state index contributed by atoms with van der Waals surface area (Å²) in [6.07, 6.45) is -0.664. The van der Waals surface area contributed by atoms with E-state index in [1.807, 2.05) is 0 Å². The van der Waals surface area contributed by atoms with Crippen LogP contribution in [0.1, 0.15) is 18.1 Å². The van der Waals surface area contributed by atoms with Crippen molar-refractivity contribution in [3.05, 3.63) is 35.4 Å². The molecule has 128 valence electrons. The number of halogens is 2. The second-order valence-electron chi connectivity index (χ2n) is 5.55. The van der Waals surface area contributed by atoms with Crippen molar-refractivity contribution in [1.29, 1.82) is 0 Å². The molecule has 2 atom stereocenters. The average Bonchev–Trinajstić information content (AvgIpc) is 2.84. The van der Waals surface area contributed by atoms with Crippen molar-refractivity contribution in [3.8, 4) is 0 Å². The zero-order chi connectivity index (χ0) is 17.0. The lowest BCUT2D eigenvalue weighted by Gasteiger charge is -2.14. The summed E-state index contributed by atoms with van der Waals surface area (Å²) in [4.78, 5) is 11.6. The van der Waals surface area contributed by atoms with E-state index in [1.165, 1.54) is 6.07 Å². The number of hydrogen-bond acceptors (Lipinski definition) is 4. The fourth-order valence-electron chi connectivity index (χ4n) is 2.36. The van der Waals surface area contributed by atoms with Gasteiger partial charge >= 0.3 is 6.03 Å². The molecule has 0 aliphatic carbocycles. The van der Waals surface area contributed by atoms with Gasteiger partial charge in [0.15, 0.2) is 21.5 Å². The molecule has 0 bridgehead atoms. The van der Waals surface area contributed by atoms with E-state index >= 15 is 0 Å². The van der Waals surface area contributed by atoms with Crippen molar-refractivity contribution in [1.82, 2.24) is 10.6 Å². The molecule has 9 heteroatoms. The molecule has 1 aromatic carbocycles. The van der Waals surface area contributed by atoms with E-state index in [-0.39, 0.29) is 36.1 Å². The van der Waals surface area contributed by atoms with Crippen LogP contribution < -0.4 is 10.6 Å². The van der Waals surface area contributed by atoms with Crippen molar-refractivity contribution in [2.24, 2.45) is 5.92 Å². The molecule has 6 nitrogen and oxygen atoms in total. The van der Waals surface area contributed by atoms with Crippen LogP contribution in [0.25, 0.3) is 0 Å². The maximum atomic E-state index is 13.1. The summed E-state index contributed by atoms with van der Waals surface area (Å²) >= 11 is 0. The highest BCUT2D eigenvalue weighted by molar-refractivity contribution is 7.91. The van der Waals surface area contributed by atoms with Crippen LogP contribution in [0.4, 0.5) is 13.6 Å². The van der Waals surface area contributed by atoms with Crippen LogP contribution in [0.5, 0.6) is 0 Å². The Hall–Kier alpha value is -1.74. The Morgan fingerprint density at radius 2 is 2.04 bits per heavy atom. The number of benzene rings is 1. The maximum Gasteiger partial charge on any atom is 0.314 e. The molecule has 3 N–H and O–H groups in total. The highest BCUT2D eigenvalue weighted by atomic mass is 32.2. The minimum absolute atomic E-state index is 0.0603. The van der Waals surface area contributed by atoms with Gasteiger partial charge in [0.25, 0.3) is 0 Å². The Labute approximate surface area is 132 Å². The molecule has 1 saturated heterocycles. The van der Waals surface area contributed by atoms with Crippen molar-refractivity contribution in [2.75, 3.05) is 24.6 Å². The number of aliphatic hydroxyl groups excluding tert-OH is 1. The van der Waals surface area contributed by atoms with E-state index in [9.17, 15) is 27.1 Å². The molecule has 23 heavy (non-hydrogen) atoms. The summed E-state index contributed by atoms with van der Waals surface area (Å²) in [7, 11) is -2.99. The zero-order valence-electron chi connectivity index (χ0n) is 12.3. The Morgan fingerprint density at radius 3 is 2.65 bits per heavy atom. The molecule has 0 radical (unpaired) electrons. The van der Waals surface area contributed by atoms with Gasteiger partial charge in [0.2, 0.25) is 0 Å². The van der Waals surface area contributed by atoms with Gasteiger partial charge in [0.05, 0.1) is 17.6 Å². The summed E-state index contributed by atoms with van der Waals surface area (Å²) in [5, 5.41) is 14.7. The maximum absolute atomic E-state index is 13.1. The number of nitrogens with one attached hydrogen (secondary N) is 2. The number of urea groups is 1. The number of hydrogen-bond donors (Lipinski definition) is 3. The van der Waals surface area contributed by atoms with Crippen LogP contribution in [-0.4, -0.2) is 44.2 Å². The van der Waals surface area contributed by atoms with E-state index in [2.05, 4.69) is 10.6 Å². The SMILES string of the molecule is O=C(NC[C@H]1CCS(=O)(=O)C1)NC[C@@H](O)c1ccc(F)c(F)c1. The van der Waals surface area contributed by atoms with E-state index in [0.717, 1.165) is 12.1 Å². The molecule has 2 amide bonds. The number of amides is 2. The number of carbonyl (C=O) groups is 1. The van der Waals surface area contributed by atoms with Crippen LogP contribution in [-0.2, 0) is 9.84 Å². The van der Waals surface area contributed by atoms with Crippen LogP contribution in [0.2, 0.25) is 0 Å². The lowest BCUT2D eigenvalue weighted by Crippen LogP contribution is -2.40. The van der Waals surface area contributed by atoms with Crippen LogP contribution >= 0.6 is 0 Å². The third kappa shape index (κ3) is 5.14. The van der Waals surface area contributed by atoms with Gasteiger partial charge in [-0.3, -0.25) is 0 Å². The number of aliphatic hydroxyl groups is 1.